The molecule has 3 N–H and O–H groups in total. The van der Waals surface area contributed by atoms with Crippen molar-refractivity contribution in [2.24, 2.45) is 10.9 Å². The molecule has 102 valence electrons. The van der Waals surface area contributed by atoms with Gasteiger partial charge in [0.15, 0.2) is 5.84 Å². The Labute approximate surface area is 113 Å². The van der Waals surface area contributed by atoms with Crippen LogP contribution in [0.25, 0.3) is 0 Å². The van der Waals surface area contributed by atoms with E-state index in [2.05, 4.69) is 5.16 Å². The maximum absolute atomic E-state index is 12.2. The lowest BCUT2D eigenvalue weighted by molar-refractivity contribution is 0.0771. The van der Waals surface area contributed by atoms with E-state index in [1.165, 1.54) is 0 Å². The average Bonchev–Trinajstić information content (AvgIpc) is 2.46. The van der Waals surface area contributed by atoms with Gasteiger partial charge in [0.25, 0.3) is 5.91 Å². The monoisotopic (exact) mass is 281 g/mol. The summed E-state index contributed by atoms with van der Waals surface area (Å²) in [6, 6.07) is 6.54. The molecule has 6 nitrogen and oxygen atoms in total. The average molecular weight is 281 g/mol. The summed E-state index contributed by atoms with van der Waals surface area (Å²) in [6.45, 7) is 1.04. The number of nitrogens with two attached hydrogens (primary N) is 1. The van der Waals surface area contributed by atoms with Gasteiger partial charge < -0.3 is 15.8 Å². The minimum atomic E-state index is -0.799. The van der Waals surface area contributed by atoms with Gasteiger partial charge in [0.05, 0.1) is 0 Å². The van der Waals surface area contributed by atoms with E-state index in [1.54, 1.807) is 29.2 Å². The van der Waals surface area contributed by atoms with Crippen LogP contribution < -0.4 is 5.73 Å². The number of rotatable bonds is 2. The van der Waals surface area contributed by atoms with Gasteiger partial charge in [-0.2, -0.15) is 0 Å². The summed E-state index contributed by atoms with van der Waals surface area (Å²) in [5, 5.41) is 11.5. The first-order valence-electron chi connectivity index (χ1n) is 5.84. The standard InChI is InChI=1S/C12H15N3O3S/c13-11(14-17)9-1-3-10(4-2-9)12(16)15-5-7-19(18)8-6-15/h1-4,17H,5-8H2,(H2,13,14). The van der Waals surface area contributed by atoms with Crippen molar-refractivity contribution in [2.45, 2.75) is 0 Å². The number of hydrogen-bond acceptors (Lipinski definition) is 4. The summed E-state index contributed by atoms with van der Waals surface area (Å²) in [7, 11) is -0.799. The van der Waals surface area contributed by atoms with Crippen molar-refractivity contribution < 1.29 is 14.2 Å². The molecule has 0 aromatic heterocycles. The number of nitrogens with zero attached hydrogens (tertiary/aromatic N) is 2. The Hall–Kier alpha value is -1.89. The quantitative estimate of drug-likeness (QED) is 0.345. The number of oxime groups is 1. The molecule has 1 aliphatic rings. The van der Waals surface area contributed by atoms with Crippen LogP contribution in [0, 0.1) is 0 Å². The van der Waals surface area contributed by atoms with Gasteiger partial charge in [0.2, 0.25) is 0 Å². The Morgan fingerprint density at radius 1 is 1.21 bits per heavy atom. The van der Waals surface area contributed by atoms with Gasteiger partial charge in [0.1, 0.15) is 0 Å². The molecular weight excluding hydrogens is 266 g/mol. The molecule has 0 unspecified atom stereocenters. The van der Waals surface area contributed by atoms with Gasteiger partial charge in [-0.05, 0) is 12.1 Å². The van der Waals surface area contributed by atoms with E-state index in [0.717, 1.165) is 0 Å². The Morgan fingerprint density at radius 2 is 1.74 bits per heavy atom. The third-order valence-electron chi connectivity index (χ3n) is 3.00. The van der Waals surface area contributed by atoms with E-state index in [1.807, 2.05) is 0 Å². The summed E-state index contributed by atoms with van der Waals surface area (Å²) < 4.78 is 11.2. The smallest absolute Gasteiger partial charge is 0.253 e. The highest BCUT2D eigenvalue weighted by atomic mass is 32.2. The van der Waals surface area contributed by atoms with Crippen molar-refractivity contribution in [3.63, 3.8) is 0 Å². The lowest BCUT2D eigenvalue weighted by Crippen LogP contribution is -2.41. The third-order valence-corrected chi connectivity index (χ3v) is 4.28. The first-order valence-corrected chi connectivity index (χ1v) is 7.33. The molecule has 19 heavy (non-hydrogen) atoms. The molecular formula is C12H15N3O3S. The van der Waals surface area contributed by atoms with Crippen molar-refractivity contribution in [3.05, 3.63) is 35.4 Å². The Kier molecular flexibility index (Phi) is 4.16. The Balaban J connectivity index is 2.09. The topological polar surface area (TPSA) is 96.0 Å². The second-order valence-corrected chi connectivity index (χ2v) is 5.90. The number of hydrogen-bond donors (Lipinski definition) is 2. The van der Waals surface area contributed by atoms with E-state index in [9.17, 15) is 9.00 Å². The van der Waals surface area contributed by atoms with E-state index in [4.69, 9.17) is 10.9 Å². The van der Waals surface area contributed by atoms with Crippen molar-refractivity contribution in [1.29, 1.82) is 0 Å². The summed E-state index contributed by atoms with van der Waals surface area (Å²) >= 11 is 0. The van der Waals surface area contributed by atoms with Crippen LogP contribution >= 0.6 is 0 Å². The maximum atomic E-state index is 12.2. The molecule has 1 saturated heterocycles. The molecule has 1 fully saturated rings. The van der Waals surface area contributed by atoms with E-state index >= 15 is 0 Å². The summed E-state index contributed by atoms with van der Waals surface area (Å²) in [6.07, 6.45) is 0. The minimum Gasteiger partial charge on any atom is -0.409 e. The second-order valence-electron chi connectivity index (χ2n) is 4.20. The highest BCUT2D eigenvalue weighted by Crippen LogP contribution is 2.10. The fraction of sp³-hybridized carbons (Fsp3) is 0.333. The molecule has 0 bridgehead atoms. The predicted molar refractivity (Wildman–Crippen MR) is 72.7 cm³/mol. The van der Waals surface area contributed by atoms with Gasteiger partial charge in [-0.25, -0.2) is 0 Å². The van der Waals surface area contributed by atoms with Crippen LogP contribution in [0.3, 0.4) is 0 Å². The third kappa shape index (κ3) is 3.11. The molecule has 0 atom stereocenters. The number of carbonyl (C=O) groups excluding carboxylic acids is 1. The maximum Gasteiger partial charge on any atom is 0.253 e. The number of amides is 1. The molecule has 1 heterocycles. The zero-order valence-electron chi connectivity index (χ0n) is 10.3. The second kappa shape index (κ2) is 5.83. The lowest BCUT2D eigenvalue weighted by Gasteiger charge is -2.26. The molecule has 7 heteroatoms. The van der Waals surface area contributed by atoms with Crippen LogP contribution in [0.15, 0.2) is 29.4 Å². The van der Waals surface area contributed by atoms with Crippen LogP contribution in [-0.4, -0.2) is 50.7 Å². The lowest BCUT2D eigenvalue weighted by atomic mass is 10.1. The largest absolute Gasteiger partial charge is 0.409 e. The normalized spacial score (nSPS) is 17.5. The molecule has 2 rings (SSSR count). The van der Waals surface area contributed by atoms with Crippen LogP contribution in [0.4, 0.5) is 0 Å². The minimum absolute atomic E-state index is 0.00682. The SMILES string of the molecule is N/C(=N/O)c1ccc(C(=O)N2CCS(=O)CC2)cc1. The van der Waals surface area contributed by atoms with Crippen molar-refractivity contribution in [1.82, 2.24) is 4.90 Å². The van der Waals surface area contributed by atoms with E-state index in [0.29, 0.717) is 35.7 Å². The number of carbonyl (C=O) groups is 1. The van der Waals surface area contributed by atoms with E-state index in [-0.39, 0.29) is 11.7 Å². The molecule has 0 aliphatic carbocycles. The van der Waals surface area contributed by atoms with Gasteiger partial charge in [-0.15, -0.1) is 0 Å². The molecule has 0 saturated carbocycles. The first kappa shape index (κ1) is 13.5. The van der Waals surface area contributed by atoms with Crippen LogP contribution in [0.5, 0.6) is 0 Å². The zero-order valence-corrected chi connectivity index (χ0v) is 11.1. The first-order chi connectivity index (χ1) is 9.11. The van der Waals surface area contributed by atoms with Crippen LogP contribution in [0.1, 0.15) is 15.9 Å². The van der Waals surface area contributed by atoms with Crippen molar-refractivity contribution >= 4 is 22.5 Å². The highest BCUT2D eigenvalue weighted by Gasteiger charge is 2.21. The summed E-state index contributed by atoms with van der Waals surface area (Å²) in [5.41, 5.74) is 6.55. The molecule has 1 amide bonds. The summed E-state index contributed by atoms with van der Waals surface area (Å²) in [5.74, 6) is 0.997. The van der Waals surface area contributed by atoms with E-state index < -0.39 is 10.8 Å². The number of benzene rings is 1. The molecule has 1 aromatic carbocycles. The Bertz CT molecular complexity index is 518. The predicted octanol–water partition coefficient (Wildman–Crippen LogP) is -0.0144. The zero-order chi connectivity index (χ0) is 13.8. The summed E-state index contributed by atoms with van der Waals surface area (Å²) in [4.78, 5) is 13.9. The highest BCUT2D eigenvalue weighted by molar-refractivity contribution is 7.85. The fourth-order valence-corrected chi connectivity index (χ4v) is 2.92. The van der Waals surface area contributed by atoms with Crippen LogP contribution in [0.2, 0.25) is 0 Å². The van der Waals surface area contributed by atoms with Crippen LogP contribution in [-0.2, 0) is 10.8 Å². The van der Waals surface area contributed by atoms with Gasteiger partial charge >= 0.3 is 0 Å². The van der Waals surface area contributed by atoms with Crippen molar-refractivity contribution in [2.75, 3.05) is 24.6 Å². The molecule has 0 spiro atoms. The molecule has 0 radical (unpaired) electrons. The van der Waals surface area contributed by atoms with Gasteiger partial charge in [0, 0.05) is 46.5 Å². The molecule has 1 aromatic rings. The number of amidine groups is 1. The Morgan fingerprint density at radius 3 is 2.26 bits per heavy atom. The van der Waals surface area contributed by atoms with Gasteiger partial charge in [-0.3, -0.25) is 9.00 Å². The fourth-order valence-electron chi connectivity index (χ4n) is 1.86. The van der Waals surface area contributed by atoms with Crippen molar-refractivity contribution in [3.8, 4) is 0 Å². The molecule has 1 aliphatic heterocycles. The van der Waals surface area contributed by atoms with Gasteiger partial charge in [-0.1, -0.05) is 17.3 Å².